The van der Waals surface area contributed by atoms with Crippen LogP contribution in [-0.4, -0.2) is 28.5 Å². The highest BCUT2D eigenvalue weighted by Crippen LogP contribution is 2.56. The number of nitrogens with zero attached hydrogens (tertiary/aromatic N) is 1. The fourth-order valence-electron chi connectivity index (χ4n) is 6.31. The molecule has 36 heavy (non-hydrogen) atoms. The molecule has 0 saturated carbocycles. The third-order valence-electron chi connectivity index (χ3n) is 7.89. The lowest BCUT2D eigenvalue weighted by Gasteiger charge is -2.42. The molecule has 0 unspecified atom stereocenters. The van der Waals surface area contributed by atoms with Crippen molar-refractivity contribution >= 4 is 45.0 Å². The van der Waals surface area contributed by atoms with Crippen LogP contribution in [-0.2, 0) is 19.2 Å². The molecule has 7 heteroatoms. The van der Waals surface area contributed by atoms with E-state index in [2.05, 4.69) is 15.9 Å². The number of ketones is 2. The molecule has 2 aromatic carbocycles. The summed E-state index contributed by atoms with van der Waals surface area (Å²) in [6.07, 6.45) is 3.89. The number of anilines is 1. The minimum Gasteiger partial charge on any atom is -0.508 e. The summed E-state index contributed by atoms with van der Waals surface area (Å²) in [5, 5.41) is 10.7. The predicted octanol–water partition coefficient (Wildman–Crippen LogP) is 4.79. The Morgan fingerprint density at radius 3 is 2.39 bits per heavy atom. The zero-order chi connectivity index (χ0) is 25.3. The molecule has 0 spiro atoms. The zero-order valence-corrected chi connectivity index (χ0v) is 21.0. The first-order valence-corrected chi connectivity index (χ1v) is 12.7. The maximum Gasteiger partial charge on any atom is 0.238 e. The van der Waals surface area contributed by atoms with Gasteiger partial charge in [0.25, 0.3) is 0 Å². The lowest BCUT2D eigenvalue weighted by atomic mass is 9.59. The Balaban J connectivity index is 1.49. The molecule has 180 valence electrons. The number of carbonyl (C=O) groups is 4. The molecule has 6 nitrogen and oxygen atoms in total. The monoisotopic (exact) mass is 543 g/mol. The van der Waals surface area contributed by atoms with Gasteiger partial charge in [-0.15, -0.1) is 0 Å². The quantitative estimate of drug-likeness (QED) is 0.334. The number of halogens is 1. The molecule has 6 rings (SSSR count). The van der Waals surface area contributed by atoms with Crippen molar-refractivity contribution in [1.29, 1.82) is 0 Å². The second-order valence-electron chi connectivity index (χ2n) is 9.78. The molecule has 4 aliphatic rings. The molecule has 2 amide bonds. The maximum absolute atomic E-state index is 13.8. The van der Waals surface area contributed by atoms with Crippen LogP contribution in [0.2, 0.25) is 0 Å². The lowest BCUT2D eigenvalue weighted by Crippen LogP contribution is -2.39. The molecule has 4 atom stereocenters. The van der Waals surface area contributed by atoms with Gasteiger partial charge in [-0.3, -0.25) is 24.1 Å². The van der Waals surface area contributed by atoms with Gasteiger partial charge in [0, 0.05) is 32.7 Å². The van der Waals surface area contributed by atoms with E-state index in [-0.39, 0.29) is 35.6 Å². The number of hydrogen-bond acceptors (Lipinski definition) is 5. The molecule has 3 aliphatic carbocycles. The maximum atomic E-state index is 13.8. The van der Waals surface area contributed by atoms with Crippen molar-refractivity contribution in [2.45, 2.75) is 25.7 Å². The second-order valence-corrected chi connectivity index (χ2v) is 10.7. The Kier molecular flexibility index (Phi) is 5.23. The fraction of sp³-hybridized carbons (Fsp3) is 0.241. The van der Waals surface area contributed by atoms with Crippen LogP contribution in [0.3, 0.4) is 0 Å². The predicted molar refractivity (Wildman–Crippen MR) is 136 cm³/mol. The topological polar surface area (TPSA) is 91.8 Å². The number of allylic oxidation sites excluding steroid dienone is 6. The molecule has 0 aromatic heterocycles. The van der Waals surface area contributed by atoms with Crippen LogP contribution in [0.1, 0.15) is 31.2 Å². The molecule has 0 radical (unpaired) electrons. The first-order valence-electron chi connectivity index (χ1n) is 11.9. The number of phenolic OH excluding ortho intramolecular Hbond substituents is 1. The Labute approximate surface area is 216 Å². The smallest absolute Gasteiger partial charge is 0.238 e. The van der Waals surface area contributed by atoms with E-state index in [9.17, 15) is 24.3 Å². The SMILES string of the molecule is CC1=CC(=O)C2=C(C[C@@H]3C(=CC[C@@H]4C(=O)N(c5ccc(Br)cc5)C(=O)[C@@H]43)[C@@H]2c2ccccc2O)C1=O. The van der Waals surface area contributed by atoms with E-state index < -0.39 is 23.7 Å². The third kappa shape index (κ3) is 3.22. The largest absolute Gasteiger partial charge is 0.508 e. The van der Waals surface area contributed by atoms with E-state index in [1.54, 1.807) is 55.5 Å². The van der Waals surface area contributed by atoms with Gasteiger partial charge in [0.2, 0.25) is 11.8 Å². The van der Waals surface area contributed by atoms with Crippen LogP contribution >= 0.6 is 15.9 Å². The Morgan fingerprint density at radius 1 is 0.944 bits per heavy atom. The number of phenols is 1. The van der Waals surface area contributed by atoms with Crippen molar-refractivity contribution in [1.82, 2.24) is 0 Å². The molecule has 1 N–H and O–H groups in total. The molecular formula is C29H22BrNO5. The van der Waals surface area contributed by atoms with Gasteiger partial charge in [-0.25, -0.2) is 0 Å². The second kappa shape index (κ2) is 8.23. The summed E-state index contributed by atoms with van der Waals surface area (Å²) in [6.45, 7) is 1.62. The summed E-state index contributed by atoms with van der Waals surface area (Å²) in [4.78, 5) is 55.0. The Morgan fingerprint density at radius 2 is 1.67 bits per heavy atom. The summed E-state index contributed by atoms with van der Waals surface area (Å²) >= 11 is 3.39. The van der Waals surface area contributed by atoms with Gasteiger partial charge < -0.3 is 5.11 Å². The van der Waals surface area contributed by atoms with Crippen LogP contribution in [0.5, 0.6) is 5.75 Å². The molecule has 1 saturated heterocycles. The van der Waals surface area contributed by atoms with Crippen LogP contribution in [0.15, 0.2) is 87.4 Å². The van der Waals surface area contributed by atoms with Gasteiger partial charge in [-0.1, -0.05) is 45.8 Å². The summed E-state index contributed by atoms with van der Waals surface area (Å²) < 4.78 is 0.841. The number of para-hydroxylation sites is 1. The summed E-state index contributed by atoms with van der Waals surface area (Å²) in [7, 11) is 0. The normalized spacial score (nSPS) is 27.4. The fourth-order valence-corrected chi connectivity index (χ4v) is 6.58. The molecule has 0 bridgehead atoms. The summed E-state index contributed by atoms with van der Waals surface area (Å²) in [5.41, 5.74) is 2.98. The van der Waals surface area contributed by atoms with Crippen LogP contribution in [0.25, 0.3) is 0 Å². The molecule has 1 heterocycles. The van der Waals surface area contributed by atoms with Crippen LogP contribution in [0, 0.1) is 17.8 Å². The number of imide groups is 1. The van der Waals surface area contributed by atoms with Gasteiger partial charge >= 0.3 is 0 Å². The van der Waals surface area contributed by atoms with Gasteiger partial charge in [0.15, 0.2) is 11.6 Å². The van der Waals surface area contributed by atoms with E-state index in [4.69, 9.17) is 0 Å². The molecular weight excluding hydrogens is 522 g/mol. The van der Waals surface area contributed by atoms with E-state index in [0.29, 0.717) is 34.4 Å². The Bertz CT molecular complexity index is 1460. The number of Topliss-reactive ketones (excluding diaryl/α,β-unsaturated/α-hetero) is 1. The van der Waals surface area contributed by atoms with Crippen molar-refractivity contribution in [2.24, 2.45) is 17.8 Å². The average Bonchev–Trinajstić information content (AvgIpc) is 3.12. The molecule has 1 fully saturated rings. The van der Waals surface area contributed by atoms with E-state index in [1.165, 1.54) is 11.0 Å². The van der Waals surface area contributed by atoms with Crippen LogP contribution < -0.4 is 4.90 Å². The van der Waals surface area contributed by atoms with Crippen molar-refractivity contribution in [3.63, 3.8) is 0 Å². The number of fused-ring (bicyclic) bond motifs is 3. The molecule has 2 aromatic rings. The number of hydrogen-bond donors (Lipinski definition) is 1. The standard InChI is InChI=1S/C29H22BrNO5/c1-14-12-23(33)26-21(27(14)34)13-20-17(24(26)18-4-2-3-5-22(18)32)10-11-19-25(20)29(36)31(28(19)35)16-8-6-15(30)7-9-16/h2-10,12,19-20,24-25,32H,11,13H2,1H3/t19-,20+,24+,25-/m0/s1. The summed E-state index contributed by atoms with van der Waals surface area (Å²) in [5.74, 6) is -3.22. The highest BCUT2D eigenvalue weighted by atomic mass is 79.9. The third-order valence-corrected chi connectivity index (χ3v) is 8.42. The minimum absolute atomic E-state index is 0.0230. The van der Waals surface area contributed by atoms with E-state index in [1.807, 2.05) is 6.08 Å². The summed E-state index contributed by atoms with van der Waals surface area (Å²) in [6, 6.07) is 13.8. The number of aromatic hydroxyl groups is 1. The van der Waals surface area contributed by atoms with Gasteiger partial charge in [0.1, 0.15) is 5.75 Å². The van der Waals surface area contributed by atoms with E-state index >= 15 is 0 Å². The Hall–Kier alpha value is -3.58. The highest BCUT2D eigenvalue weighted by Gasteiger charge is 2.56. The van der Waals surface area contributed by atoms with Crippen molar-refractivity contribution < 1.29 is 24.3 Å². The minimum atomic E-state index is -0.647. The van der Waals surface area contributed by atoms with Crippen molar-refractivity contribution in [3.8, 4) is 5.75 Å². The van der Waals surface area contributed by atoms with Crippen molar-refractivity contribution in [3.05, 3.63) is 93.0 Å². The van der Waals surface area contributed by atoms with Gasteiger partial charge in [0.05, 0.1) is 17.5 Å². The number of benzene rings is 2. The zero-order valence-electron chi connectivity index (χ0n) is 19.4. The lowest BCUT2D eigenvalue weighted by molar-refractivity contribution is -0.123. The molecule has 1 aliphatic heterocycles. The van der Waals surface area contributed by atoms with Crippen molar-refractivity contribution in [2.75, 3.05) is 4.90 Å². The number of rotatable bonds is 2. The first-order chi connectivity index (χ1) is 17.3. The van der Waals surface area contributed by atoms with Gasteiger partial charge in [-0.2, -0.15) is 0 Å². The first kappa shape index (κ1) is 22.9. The number of carbonyl (C=O) groups excluding carboxylic acids is 4. The highest BCUT2D eigenvalue weighted by molar-refractivity contribution is 9.10. The van der Waals surface area contributed by atoms with Crippen LogP contribution in [0.4, 0.5) is 5.69 Å². The van der Waals surface area contributed by atoms with E-state index in [0.717, 1.165) is 10.0 Å². The average molecular weight is 544 g/mol. The number of amides is 2. The van der Waals surface area contributed by atoms with Gasteiger partial charge in [-0.05, 0) is 62.1 Å².